The predicted octanol–water partition coefficient (Wildman–Crippen LogP) is 1.55. The fourth-order valence-corrected chi connectivity index (χ4v) is 1.04. The number of benzene rings is 1. The van der Waals surface area contributed by atoms with Gasteiger partial charge in [-0.25, -0.2) is 0 Å². The highest BCUT2D eigenvalue weighted by Crippen LogP contribution is 2.03. The van der Waals surface area contributed by atoms with E-state index in [1.54, 1.807) is 0 Å². The minimum absolute atomic E-state index is 0.177. The van der Waals surface area contributed by atoms with Crippen molar-refractivity contribution in [2.45, 2.75) is 13.8 Å². The molecule has 1 aromatic rings. The Morgan fingerprint density at radius 1 is 1.36 bits per heavy atom. The third-order valence-corrected chi connectivity index (χ3v) is 1.89. The molecule has 3 nitrogen and oxygen atoms in total. The zero-order chi connectivity index (χ0) is 10.6. The molecule has 0 aliphatic rings. The molecule has 4 heteroatoms. The quantitative estimate of drug-likeness (QED) is 0.439. The summed E-state index contributed by atoms with van der Waals surface area (Å²) >= 11 is 4.64. The SMILES string of the molecule is C/C(=N/NC(N)=S)c1ccc(C)cc1. The highest BCUT2D eigenvalue weighted by atomic mass is 32.1. The molecule has 0 saturated carbocycles. The zero-order valence-electron chi connectivity index (χ0n) is 8.24. The first-order valence-electron chi connectivity index (χ1n) is 4.26. The number of nitrogens with one attached hydrogen (secondary N) is 1. The third kappa shape index (κ3) is 3.14. The number of hydrazone groups is 1. The van der Waals surface area contributed by atoms with Crippen LogP contribution in [0, 0.1) is 6.92 Å². The van der Waals surface area contributed by atoms with Gasteiger partial charge in [-0.2, -0.15) is 5.10 Å². The maximum Gasteiger partial charge on any atom is 0.184 e. The van der Waals surface area contributed by atoms with Crippen molar-refractivity contribution < 1.29 is 0 Å². The van der Waals surface area contributed by atoms with Crippen LogP contribution in [0.25, 0.3) is 0 Å². The van der Waals surface area contributed by atoms with E-state index in [4.69, 9.17) is 5.73 Å². The molecule has 0 radical (unpaired) electrons. The van der Waals surface area contributed by atoms with Gasteiger partial charge < -0.3 is 5.73 Å². The molecule has 0 heterocycles. The number of aryl methyl sites for hydroxylation is 1. The fourth-order valence-electron chi connectivity index (χ4n) is 0.998. The largest absolute Gasteiger partial charge is 0.375 e. The minimum Gasteiger partial charge on any atom is -0.375 e. The van der Waals surface area contributed by atoms with Crippen LogP contribution in [-0.4, -0.2) is 10.8 Å². The Hall–Kier alpha value is -1.42. The van der Waals surface area contributed by atoms with Gasteiger partial charge in [0.05, 0.1) is 5.71 Å². The van der Waals surface area contributed by atoms with Gasteiger partial charge in [-0.05, 0) is 31.6 Å². The smallest absolute Gasteiger partial charge is 0.184 e. The maximum absolute atomic E-state index is 5.26. The summed E-state index contributed by atoms with van der Waals surface area (Å²) in [5.74, 6) is 0. The van der Waals surface area contributed by atoms with Gasteiger partial charge in [-0.3, -0.25) is 5.43 Å². The second-order valence-electron chi connectivity index (χ2n) is 3.04. The van der Waals surface area contributed by atoms with Crippen molar-refractivity contribution in [2.75, 3.05) is 0 Å². The first-order chi connectivity index (χ1) is 6.59. The van der Waals surface area contributed by atoms with E-state index in [0.29, 0.717) is 0 Å². The van der Waals surface area contributed by atoms with Crippen molar-refractivity contribution in [1.82, 2.24) is 5.43 Å². The lowest BCUT2D eigenvalue weighted by molar-refractivity contribution is 1.03. The molecule has 1 rings (SSSR count). The topological polar surface area (TPSA) is 50.4 Å². The molecule has 1 aromatic carbocycles. The van der Waals surface area contributed by atoms with Crippen LogP contribution >= 0.6 is 12.2 Å². The monoisotopic (exact) mass is 207 g/mol. The number of nitrogens with two attached hydrogens (primary N) is 1. The molecular weight excluding hydrogens is 194 g/mol. The first kappa shape index (κ1) is 10.7. The van der Waals surface area contributed by atoms with Gasteiger partial charge in [-0.15, -0.1) is 0 Å². The first-order valence-corrected chi connectivity index (χ1v) is 4.67. The van der Waals surface area contributed by atoms with E-state index >= 15 is 0 Å². The highest BCUT2D eigenvalue weighted by molar-refractivity contribution is 7.80. The van der Waals surface area contributed by atoms with Gasteiger partial charge in [0.1, 0.15) is 0 Å². The summed E-state index contributed by atoms with van der Waals surface area (Å²) in [5, 5.41) is 4.20. The van der Waals surface area contributed by atoms with Gasteiger partial charge in [0.25, 0.3) is 0 Å². The molecule has 0 aromatic heterocycles. The fraction of sp³-hybridized carbons (Fsp3) is 0.200. The van der Waals surface area contributed by atoms with Crippen LogP contribution in [0.4, 0.5) is 0 Å². The average Bonchev–Trinajstić information content (AvgIpc) is 2.15. The van der Waals surface area contributed by atoms with Crippen molar-refractivity contribution in [2.24, 2.45) is 10.8 Å². The van der Waals surface area contributed by atoms with E-state index < -0.39 is 0 Å². The summed E-state index contributed by atoms with van der Waals surface area (Å²) in [5.41, 5.74) is 11.0. The summed E-state index contributed by atoms with van der Waals surface area (Å²) in [6, 6.07) is 8.09. The molecule has 14 heavy (non-hydrogen) atoms. The Labute approximate surface area is 89.0 Å². The van der Waals surface area contributed by atoms with Crippen LogP contribution in [0.2, 0.25) is 0 Å². The molecule has 0 fully saturated rings. The van der Waals surface area contributed by atoms with Crippen molar-refractivity contribution in [1.29, 1.82) is 0 Å². The van der Waals surface area contributed by atoms with Crippen molar-refractivity contribution in [3.8, 4) is 0 Å². The van der Waals surface area contributed by atoms with Crippen LogP contribution in [0.3, 0.4) is 0 Å². The molecule has 0 bridgehead atoms. The van der Waals surface area contributed by atoms with Crippen LogP contribution in [0.1, 0.15) is 18.1 Å². The summed E-state index contributed by atoms with van der Waals surface area (Å²) in [6.45, 7) is 3.94. The zero-order valence-corrected chi connectivity index (χ0v) is 9.06. The molecular formula is C10H13N3S. The van der Waals surface area contributed by atoms with Crippen LogP contribution in [0.5, 0.6) is 0 Å². The molecule has 0 amide bonds. The third-order valence-electron chi connectivity index (χ3n) is 1.80. The highest BCUT2D eigenvalue weighted by Gasteiger charge is 1.96. The molecule has 0 aliphatic heterocycles. The second kappa shape index (κ2) is 4.72. The molecule has 0 aliphatic carbocycles. The Morgan fingerprint density at radius 2 is 1.93 bits per heavy atom. The standard InChI is InChI=1S/C10H13N3S/c1-7-3-5-9(6-4-7)8(2)12-13-10(11)14/h3-6H,1-2H3,(H3,11,13,14)/b12-8-. The second-order valence-corrected chi connectivity index (χ2v) is 3.48. The Kier molecular flexibility index (Phi) is 3.59. The molecule has 0 saturated heterocycles. The molecule has 0 unspecified atom stereocenters. The van der Waals surface area contributed by atoms with Crippen molar-refractivity contribution >= 4 is 23.0 Å². The molecule has 0 atom stereocenters. The number of hydrogen-bond acceptors (Lipinski definition) is 2. The van der Waals surface area contributed by atoms with E-state index in [1.807, 2.05) is 38.1 Å². The summed E-state index contributed by atoms with van der Waals surface area (Å²) in [6.07, 6.45) is 0. The number of hydrogen-bond donors (Lipinski definition) is 2. The van der Waals surface area contributed by atoms with Gasteiger partial charge >= 0.3 is 0 Å². The van der Waals surface area contributed by atoms with E-state index in [2.05, 4.69) is 22.7 Å². The number of rotatable bonds is 2. The lowest BCUT2D eigenvalue weighted by Gasteiger charge is -2.01. The van der Waals surface area contributed by atoms with Crippen LogP contribution in [-0.2, 0) is 0 Å². The van der Waals surface area contributed by atoms with Crippen molar-refractivity contribution in [3.05, 3.63) is 35.4 Å². The van der Waals surface area contributed by atoms with Gasteiger partial charge in [0.15, 0.2) is 5.11 Å². The average molecular weight is 207 g/mol. The molecule has 3 N–H and O–H groups in total. The van der Waals surface area contributed by atoms with Crippen molar-refractivity contribution in [3.63, 3.8) is 0 Å². The Morgan fingerprint density at radius 3 is 2.43 bits per heavy atom. The lowest BCUT2D eigenvalue weighted by Crippen LogP contribution is -2.25. The minimum atomic E-state index is 0.177. The van der Waals surface area contributed by atoms with Gasteiger partial charge in [0.2, 0.25) is 0 Å². The predicted molar refractivity (Wildman–Crippen MR) is 63.3 cm³/mol. The lowest BCUT2D eigenvalue weighted by atomic mass is 10.1. The van der Waals surface area contributed by atoms with E-state index in [1.165, 1.54) is 5.56 Å². The summed E-state index contributed by atoms with van der Waals surface area (Å²) in [4.78, 5) is 0. The van der Waals surface area contributed by atoms with E-state index in [-0.39, 0.29) is 5.11 Å². The Bertz CT molecular complexity index is 354. The number of thiocarbonyl (C=S) groups is 1. The van der Waals surface area contributed by atoms with Gasteiger partial charge in [-0.1, -0.05) is 29.8 Å². The van der Waals surface area contributed by atoms with E-state index in [9.17, 15) is 0 Å². The molecule has 74 valence electrons. The summed E-state index contributed by atoms with van der Waals surface area (Å²) in [7, 11) is 0. The maximum atomic E-state index is 5.26. The normalized spacial score (nSPS) is 11.1. The molecule has 0 spiro atoms. The van der Waals surface area contributed by atoms with Gasteiger partial charge in [0, 0.05) is 0 Å². The van der Waals surface area contributed by atoms with E-state index in [0.717, 1.165) is 11.3 Å². The van der Waals surface area contributed by atoms with Crippen LogP contribution < -0.4 is 11.2 Å². The number of nitrogens with zero attached hydrogens (tertiary/aromatic N) is 1. The Balaban J connectivity index is 2.78. The summed E-state index contributed by atoms with van der Waals surface area (Å²) < 4.78 is 0. The van der Waals surface area contributed by atoms with Crippen LogP contribution in [0.15, 0.2) is 29.4 Å².